The monoisotopic (exact) mass is 322 g/mol. The SMILES string of the molecule is Cl.O=S1(=O)CCN(CC2CCCNC2)C2CCCCC21. The fraction of sp³-hybridized carbons (Fsp3) is 1.00. The number of fused-ring (bicyclic) bond motifs is 1. The van der Waals surface area contributed by atoms with Crippen molar-refractivity contribution in [3.8, 4) is 0 Å². The largest absolute Gasteiger partial charge is 0.316 e. The zero-order valence-corrected chi connectivity index (χ0v) is 13.7. The first kappa shape index (κ1) is 16.5. The van der Waals surface area contributed by atoms with Crippen LogP contribution in [0.5, 0.6) is 0 Å². The molecule has 0 spiro atoms. The second kappa shape index (κ2) is 6.95. The Morgan fingerprint density at radius 2 is 1.90 bits per heavy atom. The molecule has 1 saturated carbocycles. The van der Waals surface area contributed by atoms with Crippen molar-refractivity contribution in [3.05, 3.63) is 0 Å². The summed E-state index contributed by atoms with van der Waals surface area (Å²) in [7, 11) is -2.81. The molecule has 2 heterocycles. The smallest absolute Gasteiger partial charge is 0.155 e. The maximum absolute atomic E-state index is 12.2. The average Bonchev–Trinajstić information content (AvgIpc) is 2.44. The predicted octanol–water partition coefficient (Wildman–Crippen LogP) is 1.45. The van der Waals surface area contributed by atoms with Crippen LogP contribution in [-0.2, 0) is 9.84 Å². The number of sulfone groups is 1. The number of hydrogen-bond donors (Lipinski definition) is 1. The summed E-state index contributed by atoms with van der Waals surface area (Å²) in [6, 6.07) is 0.314. The molecule has 1 aliphatic carbocycles. The highest BCUT2D eigenvalue weighted by atomic mass is 35.5. The lowest BCUT2D eigenvalue weighted by atomic mass is 9.91. The lowest BCUT2D eigenvalue weighted by molar-refractivity contribution is 0.125. The Labute approximate surface area is 129 Å². The van der Waals surface area contributed by atoms with Crippen LogP contribution in [0.1, 0.15) is 38.5 Å². The molecule has 20 heavy (non-hydrogen) atoms. The molecule has 3 fully saturated rings. The van der Waals surface area contributed by atoms with Crippen LogP contribution in [0.15, 0.2) is 0 Å². The van der Waals surface area contributed by atoms with E-state index < -0.39 is 9.84 Å². The molecule has 0 aromatic carbocycles. The molecule has 4 nitrogen and oxygen atoms in total. The second-order valence-electron chi connectivity index (χ2n) is 6.46. The van der Waals surface area contributed by atoms with E-state index in [2.05, 4.69) is 10.2 Å². The Balaban J connectivity index is 0.00000147. The summed E-state index contributed by atoms with van der Waals surface area (Å²) in [6.45, 7) is 4.13. The molecule has 2 aliphatic heterocycles. The minimum atomic E-state index is -2.81. The Bertz CT molecular complexity index is 409. The summed E-state index contributed by atoms with van der Waals surface area (Å²) in [5.41, 5.74) is 0. The van der Waals surface area contributed by atoms with Gasteiger partial charge >= 0.3 is 0 Å². The molecule has 2 saturated heterocycles. The minimum absolute atomic E-state index is 0. The van der Waals surface area contributed by atoms with Gasteiger partial charge in [-0.05, 0) is 44.7 Å². The summed E-state index contributed by atoms with van der Waals surface area (Å²) < 4.78 is 24.4. The third kappa shape index (κ3) is 3.49. The fourth-order valence-corrected chi connectivity index (χ4v) is 6.22. The van der Waals surface area contributed by atoms with Gasteiger partial charge < -0.3 is 5.32 Å². The van der Waals surface area contributed by atoms with E-state index in [1.165, 1.54) is 19.3 Å². The van der Waals surface area contributed by atoms with Gasteiger partial charge in [0, 0.05) is 19.1 Å². The quantitative estimate of drug-likeness (QED) is 0.836. The van der Waals surface area contributed by atoms with Crippen molar-refractivity contribution in [2.75, 3.05) is 31.9 Å². The van der Waals surface area contributed by atoms with E-state index in [0.717, 1.165) is 51.4 Å². The van der Waals surface area contributed by atoms with Crippen LogP contribution in [0.2, 0.25) is 0 Å². The number of nitrogens with one attached hydrogen (secondary N) is 1. The van der Waals surface area contributed by atoms with Gasteiger partial charge in [-0.3, -0.25) is 4.90 Å². The zero-order valence-electron chi connectivity index (χ0n) is 12.1. The first-order valence-electron chi connectivity index (χ1n) is 7.83. The van der Waals surface area contributed by atoms with Gasteiger partial charge in [0.25, 0.3) is 0 Å². The van der Waals surface area contributed by atoms with Crippen molar-refractivity contribution in [2.24, 2.45) is 5.92 Å². The van der Waals surface area contributed by atoms with E-state index in [0.29, 0.717) is 11.8 Å². The van der Waals surface area contributed by atoms with E-state index in [1.54, 1.807) is 0 Å². The van der Waals surface area contributed by atoms with Gasteiger partial charge in [0.1, 0.15) is 0 Å². The van der Waals surface area contributed by atoms with Crippen molar-refractivity contribution < 1.29 is 8.42 Å². The van der Waals surface area contributed by atoms with Gasteiger partial charge in [-0.15, -0.1) is 12.4 Å². The number of piperidine rings is 1. The maximum atomic E-state index is 12.2. The van der Waals surface area contributed by atoms with Crippen LogP contribution in [0.3, 0.4) is 0 Å². The zero-order chi connectivity index (χ0) is 13.3. The summed E-state index contributed by atoms with van der Waals surface area (Å²) in [6.07, 6.45) is 6.85. The number of hydrogen-bond acceptors (Lipinski definition) is 4. The lowest BCUT2D eigenvalue weighted by Crippen LogP contribution is -2.57. The summed E-state index contributed by atoms with van der Waals surface area (Å²) in [5.74, 6) is 1.10. The highest BCUT2D eigenvalue weighted by molar-refractivity contribution is 7.92. The standard InChI is InChI=1S/C14H26N2O2S.ClH/c17-19(18)9-8-16(11-12-4-3-7-15-10-12)13-5-1-2-6-14(13)19;/h12-15H,1-11H2;1H. The molecular formula is C14H27ClN2O2S. The van der Waals surface area contributed by atoms with Crippen LogP contribution >= 0.6 is 12.4 Å². The third-order valence-corrected chi connectivity index (χ3v) is 7.38. The summed E-state index contributed by atoms with van der Waals surface area (Å²) in [4.78, 5) is 2.50. The number of nitrogens with zero attached hydrogens (tertiary/aromatic N) is 1. The molecule has 118 valence electrons. The van der Waals surface area contributed by atoms with E-state index >= 15 is 0 Å². The van der Waals surface area contributed by atoms with Gasteiger partial charge in [-0.1, -0.05) is 12.8 Å². The minimum Gasteiger partial charge on any atom is -0.316 e. The van der Waals surface area contributed by atoms with Crippen LogP contribution in [-0.4, -0.2) is 56.5 Å². The van der Waals surface area contributed by atoms with Crippen molar-refractivity contribution in [2.45, 2.75) is 49.8 Å². The topological polar surface area (TPSA) is 49.4 Å². The number of rotatable bonds is 2. The van der Waals surface area contributed by atoms with Crippen molar-refractivity contribution >= 4 is 22.2 Å². The maximum Gasteiger partial charge on any atom is 0.155 e. The van der Waals surface area contributed by atoms with Crippen LogP contribution in [0.25, 0.3) is 0 Å². The Hall–Kier alpha value is 0.160. The average molecular weight is 323 g/mol. The molecule has 6 heteroatoms. The molecule has 0 amide bonds. The van der Waals surface area contributed by atoms with Crippen molar-refractivity contribution in [3.63, 3.8) is 0 Å². The predicted molar refractivity (Wildman–Crippen MR) is 84.2 cm³/mol. The molecule has 3 aliphatic rings. The van der Waals surface area contributed by atoms with E-state index in [1.807, 2.05) is 0 Å². The molecule has 0 radical (unpaired) electrons. The fourth-order valence-electron chi connectivity index (χ4n) is 4.11. The highest BCUT2D eigenvalue weighted by Gasteiger charge is 2.42. The van der Waals surface area contributed by atoms with Crippen LogP contribution < -0.4 is 5.32 Å². The lowest BCUT2D eigenvalue weighted by Gasteiger charge is -2.45. The van der Waals surface area contributed by atoms with E-state index in [9.17, 15) is 8.42 Å². The van der Waals surface area contributed by atoms with Gasteiger partial charge in [0.15, 0.2) is 9.84 Å². The Morgan fingerprint density at radius 1 is 1.10 bits per heavy atom. The Kier molecular flexibility index (Phi) is 5.74. The first-order valence-corrected chi connectivity index (χ1v) is 9.55. The van der Waals surface area contributed by atoms with Crippen LogP contribution in [0, 0.1) is 5.92 Å². The van der Waals surface area contributed by atoms with Gasteiger partial charge in [-0.25, -0.2) is 8.42 Å². The van der Waals surface area contributed by atoms with Crippen molar-refractivity contribution in [1.82, 2.24) is 10.2 Å². The first-order chi connectivity index (χ1) is 9.17. The molecule has 1 N–H and O–H groups in total. The molecule has 3 atom stereocenters. The molecule has 0 bridgehead atoms. The molecule has 3 unspecified atom stereocenters. The Morgan fingerprint density at radius 3 is 2.65 bits per heavy atom. The molecular weight excluding hydrogens is 296 g/mol. The third-order valence-electron chi connectivity index (χ3n) is 5.15. The van der Waals surface area contributed by atoms with Gasteiger partial charge in [-0.2, -0.15) is 0 Å². The number of halogens is 1. The van der Waals surface area contributed by atoms with Gasteiger partial charge in [0.05, 0.1) is 11.0 Å². The normalized spacial score (nSPS) is 37.7. The summed E-state index contributed by atoms with van der Waals surface area (Å²) in [5, 5.41) is 3.40. The van der Waals surface area contributed by atoms with E-state index in [4.69, 9.17) is 0 Å². The van der Waals surface area contributed by atoms with Gasteiger partial charge in [0.2, 0.25) is 0 Å². The van der Waals surface area contributed by atoms with E-state index in [-0.39, 0.29) is 17.7 Å². The molecule has 0 aromatic rings. The second-order valence-corrected chi connectivity index (χ2v) is 8.80. The summed E-state index contributed by atoms with van der Waals surface area (Å²) >= 11 is 0. The van der Waals surface area contributed by atoms with Crippen LogP contribution in [0.4, 0.5) is 0 Å². The van der Waals surface area contributed by atoms with Crippen molar-refractivity contribution in [1.29, 1.82) is 0 Å². The molecule has 0 aromatic heterocycles. The highest BCUT2D eigenvalue weighted by Crippen LogP contribution is 2.32. The molecule has 3 rings (SSSR count).